The maximum absolute atomic E-state index is 5.24. The number of fused-ring (bicyclic) bond motifs is 9. The van der Waals surface area contributed by atoms with Gasteiger partial charge in [-0.15, -0.1) is 0 Å². The zero-order valence-electron chi connectivity index (χ0n) is 30.8. The molecule has 0 saturated heterocycles. The Hall–Kier alpha value is -7.76. The molecule has 0 unspecified atom stereocenters. The van der Waals surface area contributed by atoms with Gasteiger partial charge in [0.1, 0.15) is 0 Å². The molecule has 57 heavy (non-hydrogen) atoms. The smallest absolute Gasteiger partial charge is 0.160 e. The highest BCUT2D eigenvalue weighted by atomic mass is 15.0. The predicted octanol–water partition coefficient (Wildman–Crippen LogP) is 13.1. The Labute approximate surface area is 328 Å². The van der Waals surface area contributed by atoms with Crippen LogP contribution in [0.2, 0.25) is 0 Å². The SMILES string of the molecule is c1ccc(-c2nc(-c3cccc(-n4c5ccccc5c5ccc6c(c7cc8ccn(-c9ccccc9)c8cc7n6-c6ccccc6)c54)c3)nc3ccccc23)cc1. The van der Waals surface area contributed by atoms with Crippen LogP contribution in [-0.2, 0) is 0 Å². The minimum atomic E-state index is 0.700. The third-order valence-corrected chi connectivity index (χ3v) is 11.4. The van der Waals surface area contributed by atoms with E-state index in [0.717, 1.165) is 61.3 Å². The Balaban J connectivity index is 1.16. The number of para-hydroxylation sites is 4. The van der Waals surface area contributed by atoms with Crippen molar-refractivity contribution in [3.8, 4) is 39.7 Å². The van der Waals surface area contributed by atoms with E-state index in [-0.39, 0.29) is 0 Å². The minimum Gasteiger partial charge on any atom is -0.316 e. The van der Waals surface area contributed by atoms with E-state index in [1.54, 1.807) is 0 Å². The Morgan fingerprint density at radius 3 is 1.88 bits per heavy atom. The van der Waals surface area contributed by atoms with Crippen molar-refractivity contribution in [2.24, 2.45) is 0 Å². The number of rotatable bonds is 5. The zero-order chi connectivity index (χ0) is 37.5. The monoisotopic (exact) mass is 727 g/mol. The van der Waals surface area contributed by atoms with Gasteiger partial charge in [0, 0.05) is 66.7 Å². The number of aromatic nitrogens is 5. The van der Waals surface area contributed by atoms with Crippen LogP contribution in [0.4, 0.5) is 0 Å². The van der Waals surface area contributed by atoms with Crippen LogP contribution in [0.25, 0.3) is 105 Å². The highest BCUT2D eigenvalue weighted by Gasteiger charge is 2.22. The second-order valence-corrected chi connectivity index (χ2v) is 14.7. The molecule has 12 rings (SSSR count). The molecule has 0 bridgehead atoms. The van der Waals surface area contributed by atoms with Crippen molar-refractivity contribution in [3.05, 3.63) is 200 Å². The molecule has 0 spiro atoms. The molecule has 0 fully saturated rings. The fourth-order valence-electron chi connectivity index (χ4n) is 8.93. The second kappa shape index (κ2) is 12.4. The fourth-order valence-corrected chi connectivity index (χ4v) is 8.93. The first kappa shape index (κ1) is 31.6. The maximum Gasteiger partial charge on any atom is 0.160 e. The molecule has 0 amide bonds. The Morgan fingerprint density at radius 1 is 0.368 bits per heavy atom. The number of benzene rings is 8. The van der Waals surface area contributed by atoms with E-state index in [1.807, 2.05) is 12.1 Å². The maximum atomic E-state index is 5.24. The Bertz CT molecular complexity index is 3500. The van der Waals surface area contributed by atoms with E-state index in [2.05, 4.69) is 202 Å². The van der Waals surface area contributed by atoms with Gasteiger partial charge in [-0.3, -0.25) is 0 Å². The molecule has 12 aromatic rings. The summed E-state index contributed by atoms with van der Waals surface area (Å²) in [6.45, 7) is 0. The van der Waals surface area contributed by atoms with Gasteiger partial charge in [0.15, 0.2) is 5.82 Å². The second-order valence-electron chi connectivity index (χ2n) is 14.7. The third-order valence-electron chi connectivity index (χ3n) is 11.4. The van der Waals surface area contributed by atoms with E-state index >= 15 is 0 Å². The summed E-state index contributed by atoms with van der Waals surface area (Å²) in [7, 11) is 0. The van der Waals surface area contributed by atoms with E-state index in [0.29, 0.717) is 5.82 Å². The summed E-state index contributed by atoms with van der Waals surface area (Å²) in [5.74, 6) is 0.700. The minimum absolute atomic E-state index is 0.700. The molecule has 0 aliphatic rings. The zero-order valence-corrected chi connectivity index (χ0v) is 30.8. The van der Waals surface area contributed by atoms with Gasteiger partial charge in [-0.25, -0.2) is 9.97 Å². The summed E-state index contributed by atoms with van der Waals surface area (Å²) in [6, 6.07) is 69.1. The largest absolute Gasteiger partial charge is 0.316 e. The molecule has 0 N–H and O–H groups in total. The van der Waals surface area contributed by atoms with Crippen molar-refractivity contribution >= 4 is 65.4 Å². The normalized spacial score (nSPS) is 11.9. The summed E-state index contributed by atoms with van der Waals surface area (Å²) in [5.41, 5.74) is 13.0. The van der Waals surface area contributed by atoms with Crippen LogP contribution in [0.5, 0.6) is 0 Å². The molecular formula is C52H33N5. The van der Waals surface area contributed by atoms with Gasteiger partial charge in [-0.1, -0.05) is 121 Å². The first-order valence-electron chi connectivity index (χ1n) is 19.3. The number of nitrogens with zero attached hydrogens (tertiary/aromatic N) is 5. The lowest BCUT2D eigenvalue weighted by molar-refractivity contribution is 1.12. The average molecular weight is 728 g/mol. The summed E-state index contributed by atoms with van der Waals surface area (Å²) in [6.07, 6.45) is 2.18. The van der Waals surface area contributed by atoms with Crippen molar-refractivity contribution in [3.63, 3.8) is 0 Å². The van der Waals surface area contributed by atoms with Crippen LogP contribution in [0.15, 0.2) is 200 Å². The molecule has 0 aliphatic carbocycles. The van der Waals surface area contributed by atoms with Crippen LogP contribution >= 0.6 is 0 Å². The lowest BCUT2D eigenvalue weighted by Crippen LogP contribution is -1.98. The first-order valence-corrected chi connectivity index (χ1v) is 19.3. The third kappa shape index (κ3) is 4.82. The van der Waals surface area contributed by atoms with E-state index in [4.69, 9.17) is 9.97 Å². The van der Waals surface area contributed by atoms with Crippen molar-refractivity contribution < 1.29 is 0 Å². The van der Waals surface area contributed by atoms with Gasteiger partial charge in [-0.2, -0.15) is 0 Å². The summed E-state index contributed by atoms with van der Waals surface area (Å²) in [5, 5.41) is 7.09. The Kier molecular flexibility index (Phi) is 6.86. The van der Waals surface area contributed by atoms with E-state index in [9.17, 15) is 0 Å². The van der Waals surface area contributed by atoms with Crippen molar-refractivity contribution in [1.82, 2.24) is 23.7 Å². The summed E-state index contributed by atoms with van der Waals surface area (Å²) in [4.78, 5) is 10.4. The van der Waals surface area contributed by atoms with Gasteiger partial charge >= 0.3 is 0 Å². The summed E-state index contributed by atoms with van der Waals surface area (Å²) < 4.78 is 7.17. The molecule has 8 aromatic carbocycles. The number of hydrogen-bond acceptors (Lipinski definition) is 2. The lowest BCUT2D eigenvalue weighted by Gasteiger charge is -2.13. The molecule has 0 atom stereocenters. The topological polar surface area (TPSA) is 40.6 Å². The average Bonchev–Trinajstić information content (AvgIpc) is 3.96. The van der Waals surface area contributed by atoms with E-state index in [1.165, 1.54) is 38.0 Å². The fraction of sp³-hybridized carbons (Fsp3) is 0. The van der Waals surface area contributed by atoms with Gasteiger partial charge in [0.25, 0.3) is 0 Å². The quantitative estimate of drug-likeness (QED) is 0.177. The van der Waals surface area contributed by atoms with Gasteiger partial charge < -0.3 is 13.7 Å². The van der Waals surface area contributed by atoms with Crippen LogP contribution < -0.4 is 0 Å². The standard InChI is InChI=1S/C52H33N5/c1-4-15-34(16-5-1)50-42-24-10-12-25-44(42)53-52(54-50)36-17-14-22-39(31-36)57-45-26-13-11-23-40(45)41-27-28-46-49(51(41)57)43-32-35-29-30-55(37-18-6-2-7-19-37)47(35)33-48(43)56(46)38-20-8-3-9-21-38/h1-33H. The number of hydrogen-bond donors (Lipinski definition) is 0. The molecule has 0 aliphatic heterocycles. The predicted molar refractivity (Wildman–Crippen MR) is 236 cm³/mol. The van der Waals surface area contributed by atoms with Crippen LogP contribution in [0.1, 0.15) is 0 Å². The van der Waals surface area contributed by atoms with Gasteiger partial charge in [0.05, 0.1) is 38.8 Å². The van der Waals surface area contributed by atoms with Crippen molar-refractivity contribution in [2.45, 2.75) is 0 Å². The molecule has 5 heteroatoms. The molecule has 4 aromatic heterocycles. The summed E-state index contributed by atoms with van der Waals surface area (Å²) >= 11 is 0. The van der Waals surface area contributed by atoms with Crippen LogP contribution in [-0.4, -0.2) is 23.7 Å². The van der Waals surface area contributed by atoms with Crippen LogP contribution in [0.3, 0.4) is 0 Å². The Morgan fingerprint density at radius 2 is 1.05 bits per heavy atom. The highest BCUT2D eigenvalue weighted by Crippen LogP contribution is 2.43. The molecule has 4 heterocycles. The van der Waals surface area contributed by atoms with Crippen LogP contribution in [0, 0.1) is 0 Å². The van der Waals surface area contributed by atoms with Gasteiger partial charge in [-0.05, 0) is 72.8 Å². The van der Waals surface area contributed by atoms with Gasteiger partial charge in [0.2, 0.25) is 0 Å². The van der Waals surface area contributed by atoms with Crippen molar-refractivity contribution in [1.29, 1.82) is 0 Å². The molecular weight excluding hydrogens is 695 g/mol. The molecule has 5 nitrogen and oxygen atoms in total. The molecule has 0 radical (unpaired) electrons. The molecule has 266 valence electrons. The lowest BCUT2D eigenvalue weighted by atomic mass is 10.1. The highest BCUT2D eigenvalue weighted by molar-refractivity contribution is 6.27. The molecule has 0 saturated carbocycles. The first-order chi connectivity index (χ1) is 28.3. The van der Waals surface area contributed by atoms with Crippen molar-refractivity contribution in [2.75, 3.05) is 0 Å². The van der Waals surface area contributed by atoms with E-state index < -0.39 is 0 Å².